The smallest absolute Gasteiger partial charge is 0.270 e. The van der Waals surface area contributed by atoms with Crippen molar-refractivity contribution in [3.8, 4) is 22.8 Å². The molecule has 0 spiro atoms. The molecular weight excluding hydrogens is 324 g/mol. The molecule has 0 saturated heterocycles. The molecule has 0 fully saturated rings. The number of methoxy groups -OCH3 is 2. The van der Waals surface area contributed by atoms with E-state index in [4.69, 9.17) is 9.47 Å². The van der Waals surface area contributed by atoms with Crippen LogP contribution in [0.3, 0.4) is 0 Å². The highest BCUT2D eigenvalue weighted by molar-refractivity contribution is 5.97. The zero-order valence-corrected chi connectivity index (χ0v) is 13.7. The molecule has 0 bridgehead atoms. The largest absolute Gasteiger partial charge is 0.493 e. The minimum Gasteiger partial charge on any atom is -0.493 e. The average Bonchev–Trinajstić information content (AvgIpc) is 2.65. The van der Waals surface area contributed by atoms with Crippen LogP contribution in [-0.2, 0) is 6.61 Å². The molecule has 7 heteroatoms. The number of aromatic nitrogens is 1. The Kier molecular flexibility index (Phi) is 4.49. The highest BCUT2D eigenvalue weighted by atomic mass is 16.6. The standard InChI is InChI=1S/C18H16N2O5/c1-24-16-8-12-6-13(10-21)19-18(15(12)9-17(16)25-2)11-4-3-5-14(7-11)20(22)23/h3-9,21H,10H2,1-2H3. The minimum absolute atomic E-state index is 0.0256. The number of nitrogens with zero attached hydrogens (tertiary/aromatic N) is 2. The van der Waals surface area contributed by atoms with E-state index in [2.05, 4.69) is 4.98 Å². The number of nitro benzene ring substituents is 1. The number of nitro groups is 1. The summed E-state index contributed by atoms with van der Waals surface area (Å²) in [5, 5.41) is 22.1. The first-order chi connectivity index (χ1) is 12.1. The number of fused-ring (bicyclic) bond motifs is 1. The topological polar surface area (TPSA) is 94.7 Å². The predicted molar refractivity (Wildman–Crippen MR) is 92.9 cm³/mol. The van der Waals surface area contributed by atoms with Crippen LogP contribution in [0.15, 0.2) is 42.5 Å². The van der Waals surface area contributed by atoms with E-state index in [1.54, 1.807) is 37.4 Å². The summed E-state index contributed by atoms with van der Waals surface area (Å²) < 4.78 is 10.7. The van der Waals surface area contributed by atoms with Gasteiger partial charge < -0.3 is 14.6 Å². The molecule has 128 valence electrons. The van der Waals surface area contributed by atoms with E-state index >= 15 is 0 Å². The van der Waals surface area contributed by atoms with E-state index in [1.807, 2.05) is 0 Å². The number of pyridine rings is 1. The van der Waals surface area contributed by atoms with Gasteiger partial charge >= 0.3 is 0 Å². The van der Waals surface area contributed by atoms with Crippen LogP contribution in [0.1, 0.15) is 5.69 Å². The van der Waals surface area contributed by atoms with Crippen molar-refractivity contribution >= 4 is 16.5 Å². The van der Waals surface area contributed by atoms with E-state index in [9.17, 15) is 15.2 Å². The maximum absolute atomic E-state index is 11.1. The van der Waals surface area contributed by atoms with Gasteiger partial charge in [0.1, 0.15) is 0 Å². The fourth-order valence-corrected chi connectivity index (χ4v) is 2.70. The number of rotatable bonds is 5. The highest BCUT2D eigenvalue weighted by Crippen LogP contribution is 2.37. The van der Waals surface area contributed by atoms with Gasteiger partial charge in [-0.1, -0.05) is 12.1 Å². The van der Waals surface area contributed by atoms with Gasteiger partial charge in [0.2, 0.25) is 0 Å². The number of aliphatic hydroxyl groups excluding tert-OH is 1. The molecule has 0 aliphatic carbocycles. The monoisotopic (exact) mass is 340 g/mol. The molecule has 0 amide bonds. The van der Waals surface area contributed by atoms with Crippen LogP contribution in [0.25, 0.3) is 22.0 Å². The molecular formula is C18H16N2O5. The number of aliphatic hydroxyl groups is 1. The van der Waals surface area contributed by atoms with E-state index in [0.717, 1.165) is 10.8 Å². The maximum atomic E-state index is 11.1. The normalized spacial score (nSPS) is 10.7. The Morgan fingerprint density at radius 2 is 1.84 bits per heavy atom. The van der Waals surface area contributed by atoms with Crippen LogP contribution in [0, 0.1) is 10.1 Å². The summed E-state index contributed by atoms with van der Waals surface area (Å²) in [4.78, 5) is 15.1. The van der Waals surface area contributed by atoms with Gasteiger partial charge in [-0.25, -0.2) is 4.98 Å². The molecule has 0 radical (unpaired) electrons. The quantitative estimate of drug-likeness (QED) is 0.565. The average molecular weight is 340 g/mol. The summed E-state index contributed by atoms with van der Waals surface area (Å²) in [7, 11) is 3.07. The first-order valence-electron chi connectivity index (χ1n) is 7.48. The molecule has 3 rings (SSSR count). The van der Waals surface area contributed by atoms with Crippen LogP contribution in [-0.4, -0.2) is 29.2 Å². The third-order valence-corrected chi connectivity index (χ3v) is 3.88. The van der Waals surface area contributed by atoms with Crippen molar-refractivity contribution in [2.75, 3.05) is 14.2 Å². The molecule has 0 saturated carbocycles. The second kappa shape index (κ2) is 6.74. The number of hydrogen-bond donors (Lipinski definition) is 1. The predicted octanol–water partition coefficient (Wildman–Crippen LogP) is 3.32. The van der Waals surface area contributed by atoms with Crippen LogP contribution >= 0.6 is 0 Å². The number of benzene rings is 2. The van der Waals surface area contributed by atoms with Crippen LogP contribution in [0.2, 0.25) is 0 Å². The Hall–Kier alpha value is -3.19. The third kappa shape index (κ3) is 3.09. The van der Waals surface area contributed by atoms with Crippen LogP contribution < -0.4 is 9.47 Å². The summed E-state index contributed by atoms with van der Waals surface area (Å²) in [5.41, 5.74) is 1.55. The summed E-state index contributed by atoms with van der Waals surface area (Å²) in [6, 6.07) is 11.5. The number of hydrogen-bond acceptors (Lipinski definition) is 6. The van der Waals surface area contributed by atoms with Gasteiger partial charge in [0.15, 0.2) is 11.5 Å². The van der Waals surface area contributed by atoms with E-state index in [1.165, 1.54) is 19.2 Å². The summed E-state index contributed by atoms with van der Waals surface area (Å²) in [5.74, 6) is 1.08. The third-order valence-electron chi connectivity index (χ3n) is 3.88. The first-order valence-corrected chi connectivity index (χ1v) is 7.48. The van der Waals surface area contributed by atoms with Gasteiger partial charge in [0, 0.05) is 23.1 Å². The Labute approximate surface area is 143 Å². The molecule has 7 nitrogen and oxygen atoms in total. The zero-order valence-electron chi connectivity index (χ0n) is 13.7. The summed E-state index contributed by atoms with van der Waals surface area (Å²) in [6.07, 6.45) is 0. The molecule has 0 aliphatic rings. The van der Waals surface area contributed by atoms with Crippen LogP contribution in [0.4, 0.5) is 5.69 Å². The lowest BCUT2D eigenvalue weighted by atomic mass is 10.0. The van der Waals surface area contributed by atoms with Crippen molar-refractivity contribution in [1.29, 1.82) is 0 Å². The molecule has 0 aliphatic heterocycles. The molecule has 0 atom stereocenters. The molecule has 0 unspecified atom stereocenters. The van der Waals surface area contributed by atoms with Crippen molar-refractivity contribution in [3.63, 3.8) is 0 Å². The molecule has 1 heterocycles. The SMILES string of the molecule is COc1cc2cc(CO)nc(-c3cccc([N+](=O)[O-])c3)c2cc1OC. The lowest BCUT2D eigenvalue weighted by molar-refractivity contribution is -0.384. The number of ether oxygens (including phenoxy) is 2. The summed E-state index contributed by atoms with van der Waals surface area (Å²) >= 11 is 0. The first kappa shape index (κ1) is 16.7. The van der Waals surface area contributed by atoms with Gasteiger partial charge in [-0.3, -0.25) is 10.1 Å². The fraction of sp³-hybridized carbons (Fsp3) is 0.167. The van der Waals surface area contributed by atoms with Gasteiger partial charge in [0.05, 0.1) is 37.1 Å². The number of non-ortho nitro benzene ring substituents is 1. The van der Waals surface area contributed by atoms with Gasteiger partial charge in [0.25, 0.3) is 5.69 Å². The highest BCUT2D eigenvalue weighted by Gasteiger charge is 2.15. The molecule has 2 aromatic carbocycles. The van der Waals surface area contributed by atoms with Gasteiger partial charge in [-0.05, 0) is 23.6 Å². The molecule has 3 aromatic rings. The lowest BCUT2D eigenvalue weighted by Crippen LogP contribution is -1.97. The van der Waals surface area contributed by atoms with E-state index in [-0.39, 0.29) is 12.3 Å². The fourth-order valence-electron chi connectivity index (χ4n) is 2.70. The second-order valence-corrected chi connectivity index (χ2v) is 5.36. The molecule has 1 N–H and O–H groups in total. The van der Waals surface area contributed by atoms with Gasteiger partial charge in [-0.2, -0.15) is 0 Å². The molecule has 25 heavy (non-hydrogen) atoms. The Morgan fingerprint density at radius 1 is 1.12 bits per heavy atom. The maximum Gasteiger partial charge on any atom is 0.270 e. The van der Waals surface area contributed by atoms with Crippen molar-refractivity contribution in [2.24, 2.45) is 0 Å². The van der Waals surface area contributed by atoms with Crippen molar-refractivity contribution in [2.45, 2.75) is 6.61 Å². The Bertz CT molecular complexity index is 956. The minimum atomic E-state index is -0.453. The van der Waals surface area contributed by atoms with Gasteiger partial charge in [-0.15, -0.1) is 0 Å². The summed E-state index contributed by atoms with van der Waals surface area (Å²) in [6.45, 7) is -0.244. The lowest BCUT2D eigenvalue weighted by Gasteiger charge is -2.13. The van der Waals surface area contributed by atoms with E-state index in [0.29, 0.717) is 28.5 Å². The van der Waals surface area contributed by atoms with Crippen molar-refractivity contribution in [1.82, 2.24) is 4.98 Å². The molecule has 1 aromatic heterocycles. The zero-order chi connectivity index (χ0) is 18.0. The van der Waals surface area contributed by atoms with Crippen molar-refractivity contribution in [3.05, 3.63) is 58.3 Å². The van der Waals surface area contributed by atoms with E-state index < -0.39 is 4.92 Å². The van der Waals surface area contributed by atoms with Crippen molar-refractivity contribution < 1.29 is 19.5 Å². The Morgan fingerprint density at radius 3 is 2.48 bits per heavy atom. The second-order valence-electron chi connectivity index (χ2n) is 5.36. The van der Waals surface area contributed by atoms with Crippen LogP contribution in [0.5, 0.6) is 11.5 Å². The Balaban J connectivity index is 2.32.